The highest BCUT2D eigenvalue weighted by Gasteiger charge is 2.35. The van der Waals surface area contributed by atoms with E-state index in [0.717, 1.165) is 10.0 Å². The van der Waals surface area contributed by atoms with Gasteiger partial charge in [0.15, 0.2) is 0 Å². The molecule has 2 N–H and O–H groups in total. The van der Waals surface area contributed by atoms with Gasteiger partial charge in [0, 0.05) is 25.6 Å². The van der Waals surface area contributed by atoms with E-state index in [4.69, 9.17) is 4.98 Å². The van der Waals surface area contributed by atoms with Gasteiger partial charge in [0.05, 0.1) is 22.3 Å². The number of carbonyl (C=O) groups excluding carboxylic acids is 2. The van der Waals surface area contributed by atoms with E-state index >= 15 is 0 Å². The van der Waals surface area contributed by atoms with Crippen LogP contribution in [0.15, 0.2) is 105 Å². The molecular weight excluding hydrogens is 672 g/mol. The second-order valence-corrected chi connectivity index (χ2v) is 12.0. The van der Waals surface area contributed by atoms with Crippen LogP contribution in [0.4, 0.5) is 0 Å². The number of amides is 2. The first kappa shape index (κ1) is 27.3. The van der Waals surface area contributed by atoms with E-state index in [1.54, 1.807) is 54.6 Å². The van der Waals surface area contributed by atoms with Crippen LogP contribution in [0.2, 0.25) is 0 Å². The standard InChI is InChI=1S/C30H20Br2N4O4S/c31-19-14-22-26(23(32)15-19)33-27(17-6-2-1-3-7-17)35(29(22)40)20-12-10-18(11-13-20)28(39)34-36-25(38)16-41-30(36)21-8-4-5-9-24(21)37/h1-15,30,37H,16H2,(H,34,39). The Morgan fingerprint density at radius 2 is 1.66 bits per heavy atom. The summed E-state index contributed by atoms with van der Waals surface area (Å²) in [5.41, 5.74) is 5.07. The topological polar surface area (TPSA) is 105 Å². The summed E-state index contributed by atoms with van der Waals surface area (Å²) in [4.78, 5) is 44.5. The van der Waals surface area contributed by atoms with Crippen LogP contribution in [-0.2, 0) is 4.79 Å². The summed E-state index contributed by atoms with van der Waals surface area (Å²) >= 11 is 8.30. The number of para-hydroxylation sites is 1. The third-order valence-corrected chi connectivity index (χ3v) is 8.86. The number of hydrazine groups is 1. The number of aromatic nitrogens is 2. The lowest BCUT2D eigenvalue weighted by molar-refractivity contribution is -0.130. The van der Waals surface area contributed by atoms with E-state index in [1.807, 2.05) is 36.4 Å². The summed E-state index contributed by atoms with van der Waals surface area (Å²) < 4.78 is 2.94. The fourth-order valence-corrected chi connectivity index (χ4v) is 7.09. The third kappa shape index (κ3) is 5.16. The van der Waals surface area contributed by atoms with E-state index in [2.05, 4.69) is 37.3 Å². The molecule has 1 aromatic heterocycles. The molecule has 1 saturated heterocycles. The van der Waals surface area contributed by atoms with Crippen LogP contribution >= 0.6 is 43.6 Å². The van der Waals surface area contributed by atoms with Crippen molar-refractivity contribution in [2.45, 2.75) is 5.37 Å². The summed E-state index contributed by atoms with van der Waals surface area (Å²) in [6.45, 7) is 0. The van der Waals surface area contributed by atoms with Crippen LogP contribution in [0.1, 0.15) is 21.3 Å². The first-order valence-corrected chi connectivity index (χ1v) is 15.1. The predicted octanol–water partition coefficient (Wildman–Crippen LogP) is 6.20. The maximum Gasteiger partial charge on any atom is 0.269 e. The predicted molar refractivity (Wildman–Crippen MR) is 166 cm³/mol. The van der Waals surface area contributed by atoms with Gasteiger partial charge in [-0.1, -0.05) is 64.5 Å². The van der Waals surface area contributed by atoms with Crippen molar-refractivity contribution in [3.8, 4) is 22.8 Å². The molecule has 1 atom stereocenters. The Morgan fingerprint density at radius 3 is 2.39 bits per heavy atom. The fourth-order valence-electron chi connectivity index (χ4n) is 4.64. The van der Waals surface area contributed by atoms with Gasteiger partial charge in [-0.15, -0.1) is 11.8 Å². The molecule has 2 heterocycles. The number of carbonyl (C=O) groups is 2. The lowest BCUT2D eigenvalue weighted by atomic mass is 10.1. The van der Waals surface area contributed by atoms with Gasteiger partial charge in [0.25, 0.3) is 17.4 Å². The maximum atomic E-state index is 13.8. The van der Waals surface area contributed by atoms with Crippen LogP contribution in [0, 0.1) is 0 Å². The van der Waals surface area contributed by atoms with Gasteiger partial charge >= 0.3 is 0 Å². The second kappa shape index (κ2) is 11.2. The Labute approximate surface area is 255 Å². The van der Waals surface area contributed by atoms with E-state index < -0.39 is 11.3 Å². The normalized spacial score (nSPS) is 14.9. The number of nitrogens with one attached hydrogen (secondary N) is 1. The van der Waals surface area contributed by atoms with Crippen molar-refractivity contribution in [1.29, 1.82) is 0 Å². The molecule has 2 amide bonds. The number of fused-ring (bicyclic) bond motifs is 1. The molecule has 204 valence electrons. The highest BCUT2D eigenvalue weighted by Crippen LogP contribution is 2.41. The SMILES string of the molecule is O=C(NN1C(=O)CSC1c1ccccc1O)c1ccc(-n2c(-c3ccccc3)nc3c(Br)cc(Br)cc3c2=O)cc1. The van der Waals surface area contributed by atoms with E-state index in [0.29, 0.717) is 38.0 Å². The Kier molecular flexibility index (Phi) is 7.41. The molecule has 41 heavy (non-hydrogen) atoms. The number of phenolic OH excluding ortho intramolecular Hbond substituents is 1. The van der Waals surface area contributed by atoms with Crippen LogP contribution in [-0.4, -0.2) is 37.2 Å². The smallest absolute Gasteiger partial charge is 0.269 e. The lowest BCUT2D eigenvalue weighted by Crippen LogP contribution is -2.44. The summed E-state index contributed by atoms with van der Waals surface area (Å²) in [6, 6.07) is 26.2. The van der Waals surface area contributed by atoms with Gasteiger partial charge in [-0.3, -0.25) is 24.4 Å². The molecule has 5 aromatic rings. The number of nitrogens with zero attached hydrogens (tertiary/aromatic N) is 3. The van der Waals surface area contributed by atoms with Gasteiger partial charge in [-0.2, -0.15) is 0 Å². The van der Waals surface area contributed by atoms with Crippen molar-refractivity contribution in [2.24, 2.45) is 0 Å². The fraction of sp³-hybridized carbons (Fsp3) is 0.0667. The zero-order valence-electron chi connectivity index (χ0n) is 21.1. The summed E-state index contributed by atoms with van der Waals surface area (Å²) in [5, 5.41) is 11.4. The lowest BCUT2D eigenvalue weighted by Gasteiger charge is -2.25. The molecule has 1 unspecified atom stereocenters. The average Bonchev–Trinajstić information content (AvgIpc) is 3.33. The number of halogens is 2. The second-order valence-electron chi connectivity index (χ2n) is 9.20. The molecule has 0 aliphatic carbocycles. The first-order valence-electron chi connectivity index (χ1n) is 12.4. The van der Waals surface area contributed by atoms with E-state index in [-0.39, 0.29) is 23.0 Å². The number of phenols is 1. The van der Waals surface area contributed by atoms with E-state index in [9.17, 15) is 19.5 Å². The highest BCUT2D eigenvalue weighted by atomic mass is 79.9. The molecule has 6 rings (SSSR count). The summed E-state index contributed by atoms with van der Waals surface area (Å²) in [5.74, 6) is -0.0933. The van der Waals surface area contributed by atoms with Crippen LogP contribution in [0.5, 0.6) is 5.75 Å². The minimum Gasteiger partial charge on any atom is -0.508 e. The zero-order chi connectivity index (χ0) is 28.7. The molecular formula is C30H20Br2N4O4S. The largest absolute Gasteiger partial charge is 0.508 e. The number of thioether (sulfide) groups is 1. The summed E-state index contributed by atoms with van der Waals surface area (Å²) in [7, 11) is 0. The number of benzene rings is 4. The number of rotatable bonds is 5. The molecule has 0 bridgehead atoms. The van der Waals surface area contributed by atoms with Gasteiger partial charge in [0.2, 0.25) is 0 Å². The van der Waals surface area contributed by atoms with Crippen molar-refractivity contribution in [3.05, 3.63) is 121 Å². The van der Waals surface area contributed by atoms with Crippen molar-refractivity contribution in [3.63, 3.8) is 0 Å². The maximum absolute atomic E-state index is 13.8. The minimum absolute atomic E-state index is 0.0472. The Morgan fingerprint density at radius 1 is 0.951 bits per heavy atom. The molecule has 0 saturated carbocycles. The zero-order valence-corrected chi connectivity index (χ0v) is 25.1. The molecule has 4 aromatic carbocycles. The summed E-state index contributed by atoms with van der Waals surface area (Å²) in [6.07, 6.45) is 0. The number of hydrogen-bond donors (Lipinski definition) is 2. The van der Waals surface area contributed by atoms with Crippen LogP contribution in [0.25, 0.3) is 28.0 Å². The monoisotopic (exact) mass is 690 g/mol. The molecule has 11 heteroatoms. The van der Waals surface area contributed by atoms with Crippen molar-refractivity contribution >= 4 is 66.3 Å². The van der Waals surface area contributed by atoms with Gasteiger partial charge in [-0.25, -0.2) is 9.99 Å². The third-order valence-electron chi connectivity index (χ3n) is 6.60. The number of aromatic hydroxyl groups is 1. The molecule has 1 aliphatic rings. The van der Waals surface area contributed by atoms with Gasteiger partial charge < -0.3 is 5.11 Å². The molecule has 0 spiro atoms. The van der Waals surface area contributed by atoms with Crippen LogP contribution in [0.3, 0.4) is 0 Å². The van der Waals surface area contributed by atoms with Crippen molar-refractivity contribution in [2.75, 3.05) is 5.75 Å². The van der Waals surface area contributed by atoms with Crippen molar-refractivity contribution in [1.82, 2.24) is 20.0 Å². The molecule has 1 fully saturated rings. The number of hydrogen-bond acceptors (Lipinski definition) is 6. The average molecular weight is 692 g/mol. The minimum atomic E-state index is -0.554. The Bertz CT molecular complexity index is 1880. The first-order chi connectivity index (χ1) is 19.8. The van der Waals surface area contributed by atoms with E-state index in [1.165, 1.54) is 21.3 Å². The highest BCUT2D eigenvalue weighted by molar-refractivity contribution is 9.11. The van der Waals surface area contributed by atoms with Crippen LogP contribution < -0.4 is 11.0 Å². The van der Waals surface area contributed by atoms with Crippen molar-refractivity contribution < 1.29 is 14.7 Å². The molecule has 0 radical (unpaired) electrons. The quantitative estimate of drug-likeness (QED) is 0.228. The Hall–Kier alpha value is -3.93. The van der Waals surface area contributed by atoms with Gasteiger partial charge in [-0.05, 0) is 58.4 Å². The van der Waals surface area contributed by atoms with Gasteiger partial charge in [0.1, 0.15) is 16.9 Å². The molecule has 8 nitrogen and oxygen atoms in total. The Balaban J connectivity index is 1.36. The molecule has 1 aliphatic heterocycles.